The highest BCUT2D eigenvalue weighted by atomic mass is 32.2. The van der Waals surface area contributed by atoms with Gasteiger partial charge in [0.05, 0.1) is 38.7 Å². The van der Waals surface area contributed by atoms with E-state index in [2.05, 4.69) is 20.0 Å². The van der Waals surface area contributed by atoms with Gasteiger partial charge in [0.15, 0.2) is 22.5 Å². The van der Waals surface area contributed by atoms with Gasteiger partial charge in [-0.25, -0.2) is 14.6 Å². The molecule has 0 aliphatic carbocycles. The zero-order valence-corrected chi connectivity index (χ0v) is 26.0. The molecule has 3 heterocycles. The summed E-state index contributed by atoms with van der Waals surface area (Å²) < 4.78 is 37.7. The average molecular weight is 641 g/mol. The van der Waals surface area contributed by atoms with Crippen LogP contribution in [0.1, 0.15) is 32.6 Å². The standard InChI is InChI=1S/C26H37N6O9PS/c1-25(2,14-33)23(35)43-11-10-39-42(37,29-12-16-8-6-5-7-9-16)40-13-17-19(34)26(3,36)22(41-17)32-15-28-18-20(32)30-24(27)31-21(18)38-4/h5-9,15,17,19,22,33-34,36H,10-14H2,1-4H3,(H,29,37)(H2,27,30,31)/t17-,19-,22-,26-,42?/m1/s1. The van der Waals surface area contributed by atoms with Crippen LogP contribution >= 0.6 is 19.5 Å². The zero-order valence-electron chi connectivity index (χ0n) is 24.2. The Morgan fingerprint density at radius 3 is 2.67 bits per heavy atom. The summed E-state index contributed by atoms with van der Waals surface area (Å²) in [6.07, 6.45) is -2.46. The van der Waals surface area contributed by atoms with E-state index in [1.807, 2.05) is 30.3 Å². The number of hydrogen-bond acceptors (Lipinski definition) is 14. The topological polar surface area (TPSA) is 213 Å². The van der Waals surface area contributed by atoms with Crippen molar-refractivity contribution < 1.29 is 43.2 Å². The molecular weight excluding hydrogens is 603 g/mol. The quantitative estimate of drug-likeness (QED) is 0.125. The maximum Gasteiger partial charge on any atom is 0.405 e. The molecule has 0 spiro atoms. The Morgan fingerprint density at radius 1 is 1.28 bits per heavy atom. The fraction of sp³-hybridized carbons (Fsp3) is 0.538. The van der Waals surface area contributed by atoms with Crippen LogP contribution in [0.2, 0.25) is 0 Å². The smallest absolute Gasteiger partial charge is 0.405 e. The average Bonchev–Trinajstić information content (AvgIpc) is 3.50. The van der Waals surface area contributed by atoms with Crippen LogP contribution in [0.3, 0.4) is 0 Å². The van der Waals surface area contributed by atoms with E-state index in [1.54, 1.807) is 13.8 Å². The minimum Gasteiger partial charge on any atom is -0.479 e. The molecule has 1 aliphatic heterocycles. The number of aromatic nitrogens is 4. The first-order valence-corrected chi connectivity index (χ1v) is 15.9. The molecule has 0 amide bonds. The van der Waals surface area contributed by atoms with Gasteiger partial charge in [0, 0.05) is 12.3 Å². The van der Waals surface area contributed by atoms with Gasteiger partial charge in [0.1, 0.15) is 17.8 Å². The molecule has 0 saturated carbocycles. The third-order valence-electron chi connectivity index (χ3n) is 6.86. The van der Waals surface area contributed by atoms with E-state index in [0.29, 0.717) is 0 Å². The summed E-state index contributed by atoms with van der Waals surface area (Å²) >= 11 is 0.947. The molecule has 1 unspecified atom stereocenters. The molecule has 1 aromatic carbocycles. The third kappa shape index (κ3) is 7.53. The Morgan fingerprint density at radius 2 is 2.00 bits per heavy atom. The number of aliphatic hydroxyl groups excluding tert-OH is 2. The molecule has 236 valence electrons. The number of carbonyl (C=O) groups excluding carboxylic acids is 1. The summed E-state index contributed by atoms with van der Waals surface area (Å²) in [5, 5.41) is 34.2. The summed E-state index contributed by atoms with van der Waals surface area (Å²) in [5.41, 5.74) is 4.32. The van der Waals surface area contributed by atoms with Gasteiger partial charge < -0.3 is 30.5 Å². The fourth-order valence-electron chi connectivity index (χ4n) is 4.23. The Balaban J connectivity index is 1.47. The number of nitrogens with one attached hydrogen (secondary N) is 1. The Labute approximate surface area is 252 Å². The van der Waals surface area contributed by atoms with Crippen molar-refractivity contribution in [1.82, 2.24) is 24.6 Å². The number of imidazole rings is 1. The second-order valence-corrected chi connectivity index (χ2v) is 13.6. The van der Waals surface area contributed by atoms with Gasteiger partial charge in [-0.2, -0.15) is 9.97 Å². The number of ether oxygens (including phenoxy) is 2. The largest absolute Gasteiger partial charge is 0.479 e. The molecule has 0 bridgehead atoms. The molecule has 15 nitrogen and oxygen atoms in total. The predicted octanol–water partition coefficient (Wildman–Crippen LogP) is 1.64. The lowest BCUT2D eigenvalue weighted by atomic mass is 9.96. The van der Waals surface area contributed by atoms with Crippen LogP contribution in [0.5, 0.6) is 5.88 Å². The lowest BCUT2D eigenvalue weighted by molar-refractivity contribution is -0.119. The molecule has 3 aromatic rings. The number of fused-ring (bicyclic) bond motifs is 1. The van der Waals surface area contributed by atoms with Gasteiger partial charge in [-0.1, -0.05) is 42.1 Å². The van der Waals surface area contributed by atoms with Gasteiger partial charge in [-0.05, 0) is 26.3 Å². The van der Waals surface area contributed by atoms with Crippen molar-refractivity contribution in [3.8, 4) is 5.88 Å². The van der Waals surface area contributed by atoms with Gasteiger partial charge in [-0.15, -0.1) is 0 Å². The molecule has 17 heteroatoms. The summed E-state index contributed by atoms with van der Waals surface area (Å²) in [4.78, 5) is 24.7. The second kappa shape index (κ2) is 13.5. The number of carbonyl (C=O) groups is 1. The number of benzene rings is 1. The summed E-state index contributed by atoms with van der Waals surface area (Å²) in [5.74, 6) is 0.192. The molecule has 0 radical (unpaired) electrons. The highest BCUT2D eigenvalue weighted by Crippen LogP contribution is 2.47. The number of aliphatic hydroxyl groups is 3. The number of anilines is 1. The Hall–Kier alpha value is -2.66. The number of nitrogens with two attached hydrogens (primary N) is 1. The number of thioether (sulfide) groups is 1. The van der Waals surface area contributed by atoms with Crippen molar-refractivity contribution in [2.24, 2.45) is 5.41 Å². The first kappa shape index (κ1) is 33.2. The molecule has 1 fully saturated rings. The van der Waals surface area contributed by atoms with Crippen molar-refractivity contribution in [2.75, 3.05) is 38.4 Å². The molecule has 1 saturated heterocycles. The minimum absolute atomic E-state index is 0.0912. The maximum atomic E-state index is 13.8. The normalized spacial score (nSPS) is 23.8. The van der Waals surface area contributed by atoms with Crippen LogP contribution in [0.25, 0.3) is 11.2 Å². The monoisotopic (exact) mass is 640 g/mol. The molecule has 1 aliphatic rings. The number of nitrogens with zero attached hydrogens (tertiary/aromatic N) is 4. The van der Waals surface area contributed by atoms with Crippen molar-refractivity contribution in [1.29, 1.82) is 0 Å². The van der Waals surface area contributed by atoms with Crippen molar-refractivity contribution in [2.45, 2.75) is 51.4 Å². The van der Waals surface area contributed by atoms with E-state index in [9.17, 15) is 24.7 Å². The zero-order chi connectivity index (χ0) is 31.4. The van der Waals surface area contributed by atoms with Gasteiger partial charge in [0.2, 0.25) is 11.8 Å². The number of nitrogen functional groups attached to an aromatic ring is 1. The Kier molecular flexibility index (Phi) is 10.5. The third-order valence-corrected chi connectivity index (χ3v) is 9.60. The number of rotatable bonds is 14. The second-order valence-electron chi connectivity index (χ2n) is 10.7. The van der Waals surface area contributed by atoms with Crippen LogP contribution in [-0.2, 0) is 29.7 Å². The number of methoxy groups -OCH3 is 1. The lowest BCUT2D eigenvalue weighted by Gasteiger charge is -2.27. The molecule has 43 heavy (non-hydrogen) atoms. The molecule has 2 aromatic heterocycles. The Bertz CT molecular complexity index is 1460. The first-order valence-electron chi connectivity index (χ1n) is 13.4. The highest BCUT2D eigenvalue weighted by molar-refractivity contribution is 8.13. The fourth-order valence-corrected chi connectivity index (χ4v) is 6.47. The van der Waals surface area contributed by atoms with Crippen LogP contribution in [-0.4, -0.2) is 90.4 Å². The van der Waals surface area contributed by atoms with Crippen LogP contribution in [0.15, 0.2) is 36.7 Å². The van der Waals surface area contributed by atoms with E-state index in [-0.39, 0.29) is 53.6 Å². The molecule has 6 N–H and O–H groups in total. The molecule has 4 rings (SSSR count). The summed E-state index contributed by atoms with van der Waals surface area (Å²) in [7, 11) is -2.62. The van der Waals surface area contributed by atoms with E-state index in [0.717, 1.165) is 17.3 Å². The minimum atomic E-state index is -4.02. The van der Waals surface area contributed by atoms with E-state index in [1.165, 1.54) is 24.9 Å². The summed E-state index contributed by atoms with van der Waals surface area (Å²) in [6.45, 7) is 3.91. The maximum absolute atomic E-state index is 13.8. The van der Waals surface area contributed by atoms with Crippen LogP contribution in [0.4, 0.5) is 5.95 Å². The van der Waals surface area contributed by atoms with Crippen LogP contribution in [0, 0.1) is 5.41 Å². The van der Waals surface area contributed by atoms with E-state index >= 15 is 0 Å². The first-order chi connectivity index (χ1) is 20.3. The predicted molar refractivity (Wildman–Crippen MR) is 158 cm³/mol. The molecule has 5 atom stereocenters. The van der Waals surface area contributed by atoms with Gasteiger partial charge in [0.25, 0.3) is 0 Å². The van der Waals surface area contributed by atoms with Crippen molar-refractivity contribution in [3.05, 3.63) is 42.2 Å². The van der Waals surface area contributed by atoms with E-state index < -0.39 is 43.8 Å². The SMILES string of the molecule is COc1nc(N)nc2c1ncn2[C@@H]1O[C@H](COP(=O)(NCc2ccccc2)OCCSC(=O)C(C)(C)CO)[C@@H](O)[C@@]1(C)O. The summed E-state index contributed by atoms with van der Waals surface area (Å²) in [6, 6.07) is 9.16. The molecular formula is C26H37N6O9PS. The lowest BCUT2D eigenvalue weighted by Crippen LogP contribution is -2.44. The highest BCUT2D eigenvalue weighted by Gasteiger charge is 2.54. The van der Waals surface area contributed by atoms with Crippen molar-refractivity contribution in [3.63, 3.8) is 0 Å². The van der Waals surface area contributed by atoms with Crippen LogP contribution < -0.4 is 15.6 Å². The van der Waals surface area contributed by atoms with Gasteiger partial charge in [-0.3, -0.25) is 18.4 Å². The van der Waals surface area contributed by atoms with Gasteiger partial charge >= 0.3 is 7.75 Å². The van der Waals surface area contributed by atoms with E-state index in [4.69, 9.17) is 24.3 Å². The van der Waals surface area contributed by atoms with Crippen molar-refractivity contribution >= 4 is 41.7 Å². The number of hydrogen-bond donors (Lipinski definition) is 5.